The van der Waals surface area contributed by atoms with Crippen LogP contribution in [0.1, 0.15) is 45.1 Å². The van der Waals surface area contributed by atoms with Crippen LogP contribution in [0.4, 0.5) is 0 Å². The summed E-state index contributed by atoms with van der Waals surface area (Å²) >= 11 is 0. The average molecular weight is 284 g/mol. The van der Waals surface area contributed by atoms with Crippen LogP contribution in [-0.2, 0) is 11.3 Å². The van der Waals surface area contributed by atoms with Crippen LogP contribution in [0, 0.1) is 0 Å². The normalized spacial score (nSPS) is 9.80. The molecule has 0 heterocycles. The highest BCUT2D eigenvalue weighted by molar-refractivity contribution is 5.41. The van der Waals surface area contributed by atoms with Gasteiger partial charge in [0, 0.05) is 13.2 Å². The van der Waals surface area contributed by atoms with Gasteiger partial charge < -0.3 is 19.7 Å². The molecule has 0 unspecified atom stereocenters. The quantitative estimate of drug-likeness (QED) is 0.717. The molecule has 20 heavy (non-hydrogen) atoms. The van der Waals surface area contributed by atoms with Gasteiger partial charge in [0.05, 0.1) is 13.7 Å². The van der Waals surface area contributed by atoms with Crippen molar-refractivity contribution in [3.63, 3.8) is 0 Å². The smallest absolute Gasteiger partial charge is 0.160 e. The molecule has 0 aromatic heterocycles. The molecule has 0 aliphatic carbocycles. The number of benzene rings is 1. The number of rotatable bonds is 8. The zero-order chi connectivity index (χ0) is 15.2. The molecule has 4 heteroatoms. The molecular weight excluding hydrogens is 256 g/mol. The van der Waals surface area contributed by atoms with E-state index in [1.165, 1.54) is 38.9 Å². The lowest BCUT2D eigenvalue weighted by Crippen LogP contribution is -1.95. The van der Waals surface area contributed by atoms with E-state index in [4.69, 9.17) is 19.7 Å². The van der Waals surface area contributed by atoms with Gasteiger partial charge in [-0.05, 0) is 30.5 Å². The lowest BCUT2D eigenvalue weighted by Gasteiger charge is -2.03. The summed E-state index contributed by atoms with van der Waals surface area (Å²) in [6.45, 7) is 6.23. The molecule has 0 aliphatic rings. The van der Waals surface area contributed by atoms with E-state index in [9.17, 15) is 0 Å². The summed E-state index contributed by atoms with van der Waals surface area (Å²) in [6, 6.07) is 4.72. The van der Waals surface area contributed by atoms with Gasteiger partial charge in [-0.1, -0.05) is 32.8 Å². The molecule has 0 aliphatic heterocycles. The molecule has 0 saturated carbocycles. The minimum atomic E-state index is -0.0450. The lowest BCUT2D eigenvalue weighted by molar-refractivity contribution is 0.128. The Morgan fingerprint density at radius 2 is 1.65 bits per heavy atom. The molecule has 1 rings (SSSR count). The second-order valence-electron chi connectivity index (χ2n) is 4.48. The number of aliphatic hydroxyl groups is 1. The lowest BCUT2D eigenvalue weighted by atomic mass is 10.2. The predicted molar refractivity (Wildman–Crippen MR) is 81.2 cm³/mol. The average Bonchev–Trinajstić information content (AvgIpc) is 2.48. The number of phenolic OH excluding ortho intramolecular Hbond substituents is 1. The number of aromatic hydroxyl groups is 1. The summed E-state index contributed by atoms with van der Waals surface area (Å²) in [5, 5.41) is 17.8. The molecule has 116 valence electrons. The van der Waals surface area contributed by atoms with Crippen molar-refractivity contribution in [2.45, 2.75) is 46.1 Å². The van der Waals surface area contributed by atoms with Crippen molar-refractivity contribution in [3.8, 4) is 11.5 Å². The highest BCUT2D eigenvalue weighted by atomic mass is 16.5. The zero-order valence-electron chi connectivity index (χ0n) is 12.9. The van der Waals surface area contributed by atoms with E-state index in [1.54, 1.807) is 12.1 Å². The van der Waals surface area contributed by atoms with Gasteiger partial charge in [-0.2, -0.15) is 0 Å². The first-order chi connectivity index (χ1) is 9.69. The first-order valence-electron chi connectivity index (χ1n) is 7.24. The maximum Gasteiger partial charge on any atom is 0.160 e. The van der Waals surface area contributed by atoms with Crippen LogP contribution in [0.15, 0.2) is 18.2 Å². The molecule has 4 nitrogen and oxygen atoms in total. The fourth-order valence-corrected chi connectivity index (χ4v) is 1.42. The molecule has 0 bridgehead atoms. The monoisotopic (exact) mass is 284 g/mol. The maximum atomic E-state index is 9.12. The minimum Gasteiger partial charge on any atom is -0.504 e. The van der Waals surface area contributed by atoms with E-state index in [-0.39, 0.29) is 12.4 Å². The van der Waals surface area contributed by atoms with Crippen LogP contribution in [0.3, 0.4) is 0 Å². The molecule has 0 radical (unpaired) electrons. The van der Waals surface area contributed by atoms with Crippen molar-refractivity contribution >= 4 is 0 Å². The number of ether oxygens (including phenoxy) is 2. The fraction of sp³-hybridized carbons (Fsp3) is 0.625. The van der Waals surface area contributed by atoms with Crippen molar-refractivity contribution < 1.29 is 19.7 Å². The Labute approximate surface area is 122 Å². The van der Waals surface area contributed by atoms with E-state index in [2.05, 4.69) is 13.8 Å². The minimum absolute atomic E-state index is 0.0450. The Kier molecular flexibility index (Phi) is 12.0. The summed E-state index contributed by atoms with van der Waals surface area (Å²) in [6.07, 6.45) is 4.91. The van der Waals surface area contributed by atoms with E-state index in [0.717, 1.165) is 18.8 Å². The topological polar surface area (TPSA) is 58.9 Å². The summed E-state index contributed by atoms with van der Waals surface area (Å²) in [7, 11) is 1.47. The maximum absolute atomic E-state index is 9.12. The van der Waals surface area contributed by atoms with Crippen LogP contribution in [-0.4, -0.2) is 30.5 Å². The molecule has 2 N–H and O–H groups in total. The fourth-order valence-electron chi connectivity index (χ4n) is 1.42. The first kappa shape index (κ1) is 18.7. The van der Waals surface area contributed by atoms with Crippen molar-refractivity contribution in [2.75, 3.05) is 20.3 Å². The number of unbranched alkanes of at least 4 members (excludes halogenated alkanes) is 2. The summed E-state index contributed by atoms with van der Waals surface area (Å²) < 4.78 is 10.1. The largest absolute Gasteiger partial charge is 0.504 e. The SMILES string of the molecule is CCCCOCCCC.COc1cc(CO)ccc1O. The molecule has 0 fully saturated rings. The van der Waals surface area contributed by atoms with Crippen LogP contribution in [0.2, 0.25) is 0 Å². The summed E-state index contributed by atoms with van der Waals surface area (Å²) in [5.74, 6) is 0.473. The standard InChI is InChI=1S/C8H10O3.C8H18O/c1-11-8-4-6(5-9)2-3-7(8)10;1-3-5-7-9-8-6-4-2/h2-4,9-10H,5H2,1H3;3-8H2,1-2H3. The van der Waals surface area contributed by atoms with E-state index in [1.807, 2.05) is 0 Å². The van der Waals surface area contributed by atoms with Gasteiger partial charge in [0.25, 0.3) is 0 Å². The van der Waals surface area contributed by atoms with Crippen molar-refractivity contribution in [1.29, 1.82) is 0 Å². The van der Waals surface area contributed by atoms with Crippen molar-refractivity contribution in [1.82, 2.24) is 0 Å². The van der Waals surface area contributed by atoms with Crippen LogP contribution < -0.4 is 4.74 Å². The number of aliphatic hydroxyl groups excluding tert-OH is 1. The molecule has 0 amide bonds. The van der Waals surface area contributed by atoms with Crippen molar-refractivity contribution in [3.05, 3.63) is 23.8 Å². The Hall–Kier alpha value is -1.26. The molecule has 1 aromatic rings. The second-order valence-corrected chi connectivity index (χ2v) is 4.48. The third-order valence-electron chi connectivity index (χ3n) is 2.71. The molecular formula is C16H28O4. The highest BCUT2D eigenvalue weighted by Gasteiger charge is 2.00. The zero-order valence-corrected chi connectivity index (χ0v) is 12.9. The van der Waals surface area contributed by atoms with Gasteiger partial charge in [0.15, 0.2) is 11.5 Å². The Bertz CT molecular complexity index is 333. The van der Waals surface area contributed by atoms with Gasteiger partial charge in [0.2, 0.25) is 0 Å². The molecule has 0 atom stereocenters. The second kappa shape index (κ2) is 12.8. The number of methoxy groups -OCH3 is 1. The summed E-state index contributed by atoms with van der Waals surface area (Å²) in [5.41, 5.74) is 0.722. The molecule has 1 aromatic carbocycles. The number of phenols is 1. The van der Waals surface area contributed by atoms with Gasteiger partial charge in [-0.3, -0.25) is 0 Å². The highest BCUT2D eigenvalue weighted by Crippen LogP contribution is 2.25. The van der Waals surface area contributed by atoms with E-state index < -0.39 is 0 Å². The van der Waals surface area contributed by atoms with E-state index >= 15 is 0 Å². The first-order valence-corrected chi connectivity index (χ1v) is 7.24. The number of hydrogen-bond acceptors (Lipinski definition) is 4. The predicted octanol–water partition coefficient (Wildman–Crippen LogP) is 3.50. The van der Waals surface area contributed by atoms with Crippen LogP contribution in [0.25, 0.3) is 0 Å². The van der Waals surface area contributed by atoms with Crippen molar-refractivity contribution in [2.24, 2.45) is 0 Å². The Balaban J connectivity index is 0.000000370. The Morgan fingerprint density at radius 3 is 2.10 bits per heavy atom. The third kappa shape index (κ3) is 8.77. The number of hydrogen-bond donors (Lipinski definition) is 2. The Morgan fingerprint density at radius 1 is 1.05 bits per heavy atom. The van der Waals surface area contributed by atoms with Gasteiger partial charge in [0.1, 0.15) is 0 Å². The molecule has 0 spiro atoms. The van der Waals surface area contributed by atoms with Crippen LogP contribution in [0.5, 0.6) is 11.5 Å². The van der Waals surface area contributed by atoms with E-state index in [0.29, 0.717) is 5.75 Å². The van der Waals surface area contributed by atoms with Gasteiger partial charge >= 0.3 is 0 Å². The molecule has 0 saturated heterocycles. The van der Waals surface area contributed by atoms with Gasteiger partial charge in [-0.15, -0.1) is 0 Å². The summed E-state index contributed by atoms with van der Waals surface area (Å²) in [4.78, 5) is 0. The third-order valence-corrected chi connectivity index (χ3v) is 2.71. The van der Waals surface area contributed by atoms with Gasteiger partial charge in [-0.25, -0.2) is 0 Å². The van der Waals surface area contributed by atoms with Crippen LogP contribution >= 0.6 is 0 Å².